The second-order valence-electron chi connectivity index (χ2n) is 4.60. The van der Waals surface area contributed by atoms with Gasteiger partial charge < -0.3 is 10.1 Å². The van der Waals surface area contributed by atoms with Crippen LogP contribution in [-0.4, -0.2) is 18.6 Å². The molecular formula is C15H23NO2. The molecule has 0 aliphatic heterocycles. The van der Waals surface area contributed by atoms with Gasteiger partial charge in [0.2, 0.25) is 0 Å². The predicted molar refractivity (Wildman–Crippen MR) is 73.9 cm³/mol. The highest BCUT2D eigenvalue weighted by molar-refractivity contribution is 5.80. The molecule has 0 aliphatic carbocycles. The van der Waals surface area contributed by atoms with Gasteiger partial charge in [-0.1, -0.05) is 25.5 Å². The first-order chi connectivity index (χ1) is 8.56. The molecule has 0 saturated heterocycles. The Hall–Kier alpha value is -1.51. The summed E-state index contributed by atoms with van der Waals surface area (Å²) in [6.07, 6.45) is 1.62. The van der Waals surface area contributed by atoms with Crippen LogP contribution >= 0.6 is 0 Å². The van der Waals surface area contributed by atoms with Gasteiger partial charge in [0.25, 0.3) is 5.91 Å². The summed E-state index contributed by atoms with van der Waals surface area (Å²) in [5.41, 5.74) is 2.26. The molecule has 1 rings (SSSR count). The average molecular weight is 249 g/mol. The largest absolute Gasteiger partial charge is 0.481 e. The summed E-state index contributed by atoms with van der Waals surface area (Å²) in [6.45, 7) is 8.64. The number of ether oxygens (including phenoxy) is 1. The molecule has 0 saturated carbocycles. The number of amides is 1. The summed E-state index contributed by atoms with van der Waals surface area (Å²) in [5, 5.41) is 2.87. The highest BCUT2D eigenvalue weighted by Crippen LogP contribution is 2.21. The zero-order valence-electron chi connectivity index (χ0n) is 11.7. The van der Waals surface area contributed by atoms with E-state index < -0.39 is 6.10 Å². The van der Waals surface area contributed by atoms with Gasteiger partial charge in [0, 0.05) is 6.54 Å². The third-order valence-electron chi connectivity index (χ3n) is 3.06. The van der Waals surface area contributed by atoms with Crippen molar-refractivity contribution in [3.63, 3.8) is 0 Å². The molecule has 1 unspecified atom stereocenters. The van der Waals surface area contributed by atoms with Crippen molar-refractivity contribution < 1.29 is 9.53 Å². The van der Waals surface area contributed by atoms with Gasteiger partial charge in [0.15, 0.2) is 6.10 Å². The number of carbonyl (C=O) groups excluding carboxylic acids is 1. The van der Waals surface area contributed by atoms with Gasteiger partial charge in [-0.25, -0.2) is 0 Å². The first-order valence-corrected chi connectivity index (χ1v) is 6.56. The van der Waals surface area contributed by atoms with Crippen molar-refractivity contribution >= 4 is 5.91 Å². The molecule has 0 aromatic heterocycles. The molecule has 1 aromatic carbocycles. The van der Waals surface area contributed by atoms with Crippen LogP contribution in [0.3, 0.4) is 0 Å². The Morgan fingerprint density at radius 1 is 1.39 bits per heavy atom. The molecule has 100 valence electrons. The zero-order chi connectivity index (χ0) is 13.5. The second-order valence-corrected chi connectivity index (χ2v) is 4.60. The van der Waals surface area contributed by atoms with Gasteiger partial charge in [0.05, 0.1) is 0 Å². The Balaban J connectivity index is 2.56. The average Bonchev–Trinajstić information content (AvgIpc) is 2.35. The Labute approximate surface area is 110 Å². The van der Waals surface area contributed by atoms with Crippen LogP contribution in [0.1, 0.15) is 37.8 Å². The van der Waals surface area contributed by atoms with Crippen molar-refractivity contribution in [3.8, 4) is 5.75 Å². The maximum atomic E-state index is 11.8. The quantitative estimate of drug-likeness (QED) is 0.787. The molecule has 1 atom stereocenters. The molecule has 1 aromatic rings. The van der Waals surface area contributed by atoms with E-state index in [0.29, 0.717) is 0 Å². The molecular weight excluding hydrogens is 226 g/mol. The van der Waals surface area contributed by atoms with Crippen LogP contribution in [0.15, 0.2) is 18.2 Å². The van der Waals surface area contributed by atoms with Gasteiger partial charge in [0.1, 0.15) is 5.75 Å². The normalized spacial score (nSPS) is 12.0. The van der Waals surface area contributed by atoms with E-state index in [1.807, 2.05) is 32.0 Å². The standard InChI is InChI=1S/C15H23NO2/c1-5-6-10-16-15(17)13(4)18-14-9-7-8-11(2)12(14)3/h7-9,13H,5-6,10H2,1-4H3,(H,16,17). The van der Waals surface area contributed by atoms with Crippen molar-refractivity contribution in [1.29, 1.82) is 0 Å². The summed E-state index contributed by atoms with van der Waals surface area (Å²) in [6, 6.07) is 5.88. The van der Waals surface area contributed by atoms with Crippen molar-refractivity contribution in [2.45, 2.75) is 46.6 Å². The van der Waals surface area contributed by atoms with Gasteiger partial charge in [-0.15, -0.1) is 0 Å². The van der Waals surface area contributed by atoms with Crippen LogP contribution in [0.25, 0.3) is 0 Å². The lowest BCUT2D eigenvalue weighted by atomic mass is 10.1. The maximum Gasteiger partial charge on any atom is 0.260 e. The number of rotatable bonds is 6. The van der Waals surface area contributed by atoms with Crippen molar-refractivity contribution in [1.82, 2.24) is 5.32 Å². The third-order valence-corrected chi connectivity index (χ3v) is 3.06. The molecule has 0 spiro atoms. The van der Waals surface area contributed by atoms with Crippen LogP contribution in [0.5, 0.6) is 5.75 Å². The number of hydrogen-bond acceptors (Lipinski definition) is 2. The van der Waals surface area contributed by atoms with E-state index in [0.717, 1.165) is 30.7 Å². The van der Waals surface area contributed by atoms with E-state index in [9.17, 15) is 4.79 Å². The number of hydrogen-bond donors (Lipinski definition) is 1. The molecule has 3 nitrogen and oxygen atoms in total. The molecule has 0 bridgehead atoms. The number of aryl methyl sites for hydroxylation is 1. The van der Waals surface area contributed by atoms with Gasteiger partial charge in [-0.2, -0.15) is 0 Å². The Morgan fingerprint density at radius 3 is 2.78 bits per heavy atom. The first-order valence-electron chi connectivity index (χ1n) is 6.56. The molecule has 18 heavy (non-hydrogen) atoms. The molecule has 3 heteroatoms. The Morgan fingerprint density at radius 2 is 2.11 bits per heavy atom. The van der Waals surface area contributed by atoms with Crippen LogP contribution in [-0.2, 0) is 4.79 Å². The highest BCUT2D eigenvalue weighted by Gasteiger charge is 2.15. The minimum atomic E-state index is -0.456. The maximum absolute atomic E-state index is 11.8. The summed E-state index contributed by atoms with van der Waals surface area (Å²) in [7, 11) is 0. The molecule has 1 N–H and O–H groups in total. The van der Waals surface area contributed by atoms with Crippen molar-refractivity contribution in [3.05, 3.63) is 29.3 Å². The molecule has 0 radical (unpaired) electrons. The fourth-order valence-electron chi connectivity index (χ4n) is 1.63. The van der Waals surface area contributed by atoms with Gasteiger partial charge >= 0.3 is 0 Å². The number of benzene rings is 1. The Bertz CT molecular complexity index is 401. The van der Waals surface area contributed by atoms with E-state index in [2.05, 4.69) is 12.2 Å². The van der Waals surface area contributed by atoms with Crippen molar-refractivity contribution in [2.75, 3.05) is 6.54 Å². The van der Waals surface area contributed by atoms with Gasteiger partial charge in [-0.05, 0) is 44.4 Å². The fourth-order valence-corrected chi connectivity index (χ4v) is 1.63. The molecule has 1 amide bonds. The predicted octanol–water partition coefficient (Wildman–Crippen LogP) is 2.99. The summed E-state index contributed by atoms with van der Waals surface area (Å²) in [4.78, 5) is 11.8. The van der Waals surface area contributed by atoms with Crippen LogP contribution in [0, 0.1) is 13.8 Å². The lowest BCUT2D eigenvalue weighted by Crippen LogP contribution is -2.36. The minimum absolute atomic E-state index is 0.0515. The first kappa shape index (κ1) is 14.6. The lowest BCUT2D eigenvalue weighted by molar-refractivity contribution is -0.127. The highest BCUT2D eigenvalue weighted by atomic mass is 16.5. The van der Waals surface area contributed by atoms with Crippen molar-refractivity contribution in [2.24, 2.45) is 0 Å². The zero-order valence-corrected chi connectivity index (χ0v) is 11.7. The van der Waals surface area contributed by atoms with E-state index >= 15 is 0 Å². The Kier molecular flexibility index (Phi) is 5.69. The van der Waals surface area contributed by atoms with Crippen LogP contribution in [0.4, 0.5) is 0 Å². The molecule has 0 aliphatic rings. The molecule has 0 heterocycles. The number of unbranched alkanes of at least 4 members (excludes halogenated alkanes) is 1. The summed E-state index contributed by atoms with van der Waals surface area (Å²) >= 11 is 0. The van der Waals surface area contributed by atoms with Gasteiger partial charge in [-0.3, -0.25) is 4.79 Å². The lowest BCUT2D eigenvalue weighted by Gasteiger charge is -2.17. The van der Waals surface area contributed by atoms with E-state index in [1.165, 1.54) is 5.56 Å². The summed E-state index contributed by atoms with van der Waals surface area (Å²) in [5.74, 6) is 0.734. The number of carbonyl (C=O) groups is 1. The second kappa shape index (κ2) is 7.04. The summed E-state index contributed by atoms with van der Waals surface area (Å²) < 4.78 is 5.71. The van der Waals surface area contributed by atoms with E-state index in [1.54, 1.807) is 6.92 Å². The van der Waals surface area contributed by atoms with E-state index in [4.69, 9.17) is 4.74 Å². The third kappa shape index (κ3) is 4.06. The SMILES string of the molecule is CCCCNC(=O)C(C)Oc1cccc(C)c1C. The monoisotopic (exact) mass is 249 g/mol. The van der Waals surface area contributed by atoms with Crippen LogP contribution < -0.4 is 10.1 Å². The molecule has 0 fully saturated rings. The fraction of sp³-hybridized carbons (Fsp3) is 0.533. The van der Waals surface area contributed by atoms with Crippen LogP contribution in [0.2, 0.25) is 0 Å². The topological polar surface area (TPSA) is 38.3 Å². The smallest absolute Gasteiger partial charge is 0.260 e. The minimum Gasteiger partial charge on any atom is -0.481 e. The van der Waals surface area contributed by atoms with E-state index in [-0.39, 0.29) is 5.91 Å². The number of nitrogens with one attached hydrogen (secondary N) is 1.